The van der Waals surface area contributed by atoms with Gasteiger partial charge in [-0.2, -0.15) is 5.10 Å². The van der Waals surface area contributed by atoms with E-state index in [-0.39, 0.29) is 12.5 Å². The molecule has 0 aliphatic carbocycles. The van der Waals surface area contributed by atoms with Crippen molar-refractivity contribution in [2.24, 2.45) is 0 Å². The first-order valence-electron chi connectivity index (χ1n) is 8.19. The molecule has 1 aliphatic rings. The van der Waals surface area contributed by atoms with E-state index in [2.05, 4.69) is 6.07 Å². The maximum absolute atomic E-state index is 12.6. The lowest BCUT2D eigenvalue weighted by Crippen LogP contribution is -2.42. The van der Waals surface area contributed by atoms with E-state index in [1.165, 1.54) is 0 Å². The number of para-hydroxylation sites is 1. The summed E-state index contributed by atoms with van der Waals surface area (Å²) in [5.74, 6) is 0.0890. The number of aromatic nitrogens is 2. The Hall–Kier alpha value is -2.66. The number of carbonyl (C=O) groups excluding carboxylic acids is 1. The molecule has 24 heavy (non-hydrogen) atoms. The predicted octanol–water partition coefficient (Wildman–Crippen LogP) is 2.56. The van der Waals surface area contributed by atoms with Gasteiger partial charge in [0.15, 0.2) is 0 Å². The van der Waals surface area contributed by atoms with Crippen LogP contribution in [0.1, 0.15) is 0 Å². The van der Waals surface area contributed by atoms with E-state index in [1.807, 2.05) is 58.1 Å². The van der Waals surface area contributed by atoms with Crippen LogP contribution in [-0.4, -0.2) is 46.9 Å². The van der Waals surface area contributed by atoms with Gasteiger partial charge in [0, 0.05) is 24.0 Å². The Kier molecular flexibility index (Phi) is 4.01. The molecular formula is C19H19N3O2. The molecule has 4 rings (SSSR count). The lowest BCUT2D eigenvalue weighted by molar-refractivity contribution is -0.136. The van der Waals surface area contributed by atoms with Crippen molar-refractivity contribution in [3.8, 4) is 11.3 Å². The number of amides is 1. The molecule has 0 unspecified atom stereocenters. The van der Waals surface area contributed by atoms with Gasteiger partial charge in [0.1, 0.15) is 12.2 Å². The molecule has 3 aromatic rings. The number of benzene rings is 2. The summed E-state index contributed by atoms with van der Waals surface area (Å²) in [6.07, 6.45) is 0. The second-order valence-electron chi connectivity index (χ2n) is 5.88. The molecule has 1 amide bonds. The summed E-state index contributed by atoms with van der Waals surface area (Å²) < 4.78 is 7.13. The summed E-state index contributed by atoms with van der Waals surface area (Å²) in [5, 5.41) is 5.80. The van der Waals surface area contributed by atoms with Crippen LogP contribution in [0.4, 0.5) is 0 Å². The van der Waals surface area contributed by atoms with Crippen molar-refractivity contribution in [3.63, 3.8) is 0 Å². The second kappa shape index (κ2) is 6.45. The molecule has 2 aromatic carbocycles. The molecule has 1 fully saturated rings. The number of nitrogens with zero attached hydrogens (tertiary/aromatic N) is 3. The van der Waals surface area contributed by atoms with Crippen LogP contribution in [0.3, 0.4) is 0 Å². The van der Waals surface area contributed by atoms with Gasteiger partial charge < -0.3 is 9.64 Å². The molecule has 5 nitrogen and oxygen atoms in total. The van der Waals surface area contributed by atoms with E-state index >= 15 is 0 Å². The fourth-order valence-electron chi connectivity index (χ4n) is 3.10. The van der Waals surface area contributed by atoms with Crippen molar-refractivity contribution in [1.29, 1.82) is 0 Å². The largest absolute Gasteiger partial charge is 0.378 e. The fraction of sp³-hybridized carbons (Fsp3) is 0.263. The van der Waals surface area contributed by atoms with Gasteiger partial charge in [-0.15, -0.1) is 0 Å². The van der Waals surface area contributed by atoms with Gasteiger partial charge >= 0.3 is 0 Å². The maximum atomic E-state index is 12.6. The summed E-state index contributed by atoms with van der Waals surface area (Å²) >= 11 is 0. The topological polar surface area (TPSA) is 47.4 Å². The third-order valence-electron chi connectivity index (χ3n) is 4.35. The zero-order valence-electron chi connectivity index (χ0n) is 13.4. The molecule has 0 spiro atoms. The molecule has 122 valence electrons. The van der Waals surface area contributed by atoms with Crippen LogP contribution < -0.4 is 0 Å². The molecule has 2 heterocycles. The minimum atomic E-state index is 0.0890. The first kappa shape index (κ1) is 14.9. The number of carbonyl (C=O) groups is 1. The van der Waals surface area contributed by atoms with Crippen molar-refractivity contribution in [2.45, 2.75) is 6.54 Å². The molecule has 1 aromatic heterocycles. The quantitative estimate of drug-likeness (QED) is 0.745. The summed E-state index contributed by atoms with van der Waals surface area (Å²) in [4.78, 5) is 14.4. The molecular weight excluding hydrogens is 302 g/mol. The second-order valence-corrected chi connectivity index (χ2v) is 5.88. The first-order chi connectivity index (χ1) is 11.8. The zero-order chi connectivity index (χ0) is 16.4. The van der Waals surface area contributed by atoms with Gasteiger partial charge in [-0.25, -0.2) is 0 Å². The summed E-state index contributed by atoms with van der Waals surface area (Å²) in [6.45, 7) is 2.79. The van der Waals surface area contributed by atoms with Gasteiger partial charge in [0.25, 0.3) is 0 Å². The Labute approximate surface area is 140 Å². The molecule has 0 atom stereocenters. The summed E-state index contributed by atoms with van der Waals surface area (Å²) in [5.41, 5.74) is 2.96. The van der Waals surface area contributed by atoms with E-state index in [0.717, 1.165) is 22.2 Å². The lowest BCUT2D eigenvalue weighted by Gasteiger charge is -2.26. The summed E-state index contributed by atoms with van der Waals surface area (Å²) in [7, 11) is 0. The van der Waals surface area contributed by atoms with Gasteiger partial charge in [-0.05, 0) is 6.07 Å². The van der Waals surface area contributed by atoms with Gasteiger partial charge in [-0.1, -0.05) is 48.5 Å². The number of fused-ring (bicyclic) bond motifs is 1. The standard InChI is InChI=1S/C19H19N3O2/c23-18(21-10-12-24-13-11-21)14-22-17-9-5-4-8-16(17)19(20-22)15-6-2-1-3-7-15/h1-9H,10-14H2. The molecule has 1 saturated heterocycles. The molecule has 0 saturated carbocycles. The van der Waals surface area contributed by atoms with Gasteiger partial charge in [0.05, 0.1) is 18.7 Å². The van der Waals surface area contributed by atoms with E-state index < -0.39 is 0 Å². The Morgan fingerprint density at radius 2 is 1.71 bits per heavy atom. The fourth-order valence-corrected chi connectivity index (χ4v) is 3.10. The monoisotopic (exact) mass is 321 g/mol. The highest BCUT2D eigenvalue weighted by molar-refractivity contribution is 5.94. The van der Waals surface area contributed by atoms with Gasteiger partial charge in [-0.3, -0.25) is 9.48 Å². The third kappa shape index (κ3) is 2.78. The van der Waals surface area contributed by atoms with E-state index in [4.69, 9.17) is 9.84 Å². The Balaban J connectivity index is 1.69. The normalized spacial score (nSPS) is 14.9. The van der Waals surface area contributed by atoms with Crippen LogP contribution in [0.2, 0.25) is 0 Å². The first-order valence-corrected chi connectivity index (χ1v) is 8.19. The zero-order valence-corrected chi connectivity index (χ0v) is 13.4. The van der Waals surface area contributed by atoms with Crippen LogP contribution in [0.25, 0.3) is 22.2 Å². The third-order valence-corrected chi connectivity index (χ3v) is 4.35. The van der Waals surface area contributed by atoms with Crippen LogP contribution in [0, 0.1) is 0 Å². The van der Waals surface area contributed by atoms with Crippen molar-refractivity contribution >= 4 is 16.8 Å². The van der Waals surface area contributed by atoms with Gasteiger partial charge in [0.2, 0.25) is 5.91 Å². The van der Waals surface area contributed by atoms with Crippen molar-refractivity contribution in [2.75, 3.05) is 26.3 Å². The number of rotatable bonds is 3. The average molecular weight is 321 g/mol. The van der Waals surface area contributed by atoms with Crippen LogP contribution in [0.15, 0.2) is 54.6 Å². The molecule has 5 heteroatoms. The number of morpholine rings is 1. The van der Waals surface area contributed by atoms with Crippen molar-refractivity contribution in [3.05, 3.63) is 54.6 Å². The number of hydrogen-bond acceptors (Lipinski definition) is 3. The van der Waals surface area contributed by atoms with Crippen molar-refractivity contribution < 1.29 is 9.53 Å². The average Bonchev–Trinajstić information content (AvgIpc) is 3.02. The van der Waals surface area contributed by atoms with Crippen molar-refractivity contribution in [1.82, 2.24) is 14.7 Å². The molecule has 0 radical (unpaired) electrons. The lowest BCUT2D eigenvalue weighted by atomic mass is 10.1. The van der Waals surface area contributed by atoms with E-state index in [0.29, 0.717) is 26.3 Å². The van der Waals surface area contributed by atoms with Crippen LogP contribution in [0.5, 0.6) is 0 Å². The number of ether oxygens (including phenoxy) is 1. The Morgan fingerprint density at radius 1 is 1.00 bits per heavy atom. The molecule has 0 N–H and O–H groups in total. The minimum absolute atomic E-state index is 0.0890. The number of hydrogen-bond donors (Lipinski definition) is 0. The highest BCUT2D eigenvalue weighted by atomic mass is 16.5. The highest BCUT2D eigenvalue weighted by Crippen LogP contribution is 2.27. The Bertz CT molecular complexity index is 851. The Morgan fingerprint density at radius 3 is 2.50 bits per heavy atom. The molecule has 1 aliphatic heterocycles. The highest BCUT2D eigenvalue weighted by Gasteiger charge is 2.19. The van der Waals surface area contributed by atoms with Crippen LogP contribution in [-0.2, 0) is 16.1 Å². The molecule has 0 bridgehead atoms. The minimum Gasteiger partial charge on any atom is -0.378 e. The smallest absolute Gasteiger partial charge is 0.244 e. The van der Waals surface area contributed by atoms with E-state index in [1.54, 1.807) is 0 Å². The van der Waals surface area contributed by atoms with Crippen LogP contribution >= 0.6 is 0 Å². The maximum Gasteiger partial charge on any atom is 0.244 e. The predicted molar refractivity (Wildman–Crippen MR) is 92.6 cm³/mol. The SMILES string of the molecule is O=C(Cn1nc(-c2ccccc2)c2ccccc21)N1CCOCC1. The van der Waals surface area contributed by atoms with E-state index in [9.17, 15) is 4.79 Å². The summed E-state index contributed by atoms with van der Waals surface area (Å²) in [6, 6.07) is 18.1.